The molecule has 2 heterocycles. The molecule has 5 nitrogen and oxygen atoms in total. The fraction of sp³-hybridized carbons (Fsp3) is 0.524. The molecule has 1 atom stereocenters. The smallest absolute Gasteiger partial charge is 0.216 e. The monoisotopic (exact) mass is 356 g/mol. The zero-order chi connectivity index (χ0) is 19.2. The number of hydrogen-bond acceptors (Lipinski definition) is 5. The predicted molar refractivity (Wildman–Crippen MR) is 108 cm³/mol. The standard InChI is InChI=1S/C21H32N4O/c1-6-7-19-17(18(22)8-9-24-19)13-23-11-16-10-15(2)20(25-12-16)26-14-21(3,4)5/h8-10,12-13,18,24H,6-7,11,14,22H2,1-5H3. The molecule has 1 aromatic rings. The number of ether oxygens (including phenoxy) is 1. The van der Waals surface area contributed by atoms with Crippen molar-refractivity contribution in [2.75, 3.05) is 6.61 Å². The topological polar surface area (TPSA) is 72.5 Å². The third-order valence-electron chi connectivity index (χ3n) is 4.00. The maximum atomic E-state index is 6.19. The van der Waals surface area contributed by atoms with E-state index in [-0.39, 0.29) is 11.5 Å². The average Bonchev–Trinajstić information content (AvgIpc) is 2.56. The van der Waals surface area contributed by atoms with Crippen molar-refractivity contribution in [3.8, 4) is 5.88 Å². The number of dihydropyridines is 1. The van der Waals surface area contributed by atoms with Crippen molar-refractivity contribution in [2.45, 2.75) is 60.0 Å². The number of aryl methyl sites for hydroxylation is 1. The van der Waals surface area contributed by atoms with Crippen molar-refractivity contribution in [3.05, 3.63) is 46.9 Å². The molecule has 3 N–H and O–H groups in total. The molecule has 0 saturated heterocycles. The minimum Gasteiger partial charge on any atom is -0.477 e. The summed E-state index contributed by atoms with van der Waals surface area (Å²) in [5.74, 6) is 0.698. The van der Waals surface area contributed by atoms with Gasteiger partial charge in [-0.3, -0.25) is 4.99 Å². The first-order chi connectivity index (χ1) is 12.3. The van der Waals surface area contributed by atoms with Crippen LogP contribution in [0.3, 0.4) is 0 Å². The van der Waals surface area contributed by atoms with E-state index in [0.717, 1.165) is 35.2 Å². The van der Waals surface area contributed by atoms with E-state index in [1.54, 1.807) is 0 Å². The predicted octanol–water partition coefficient (Wildman–Crippen LogP) is 3.88. The maximum absolute atomic E-state index is 6.19. The molecule has 0 radical (unpaired) electrons. The first kappa shape index (κ1) is 20.2. The summed E-state index contributed by atoms with van der Waals surface area (Å²) in [6.45, 7) is 11.8. The molecule has 0 bridgehead atoms. The Morgan fingerprint density at radius 2 is 2.15 bits per heavy atom. The molecule has 0 aliphatic carbocycles. The van der Waals surface area contributed by atoms with Crippen molar-refractivity contribution < 1.29 is 4.74 Å². The Bertz CT molecular complexity index is 698. The highest BCUT2D eigenvalue weighted by molar-refractivity contribution is 5.82. The Balaban J connectivity index is 2.02. The van der Waals surface area contributed by atoms with Crippen LogP contribution in [0, 0.1) is 12.3 Å². The van der Waals surface area contributed by atoms with Crippen LogP contribution in [-0.2, 0) is 6.54 Å². The van der Waals surface area contributed by atoms with Crippen LogP contribution >= 0.6 is 0 Å². The van der Waals surface area contributed by atoms with Gasteiger partial charge < -0.3 is 15.8 Å². The summed E-state index contributed by atoms with van der Waals surface area (Å²) in [4.78, 5) is 9.04. The van der Waals surface area contributed by atoms with Crippen LogP contribution in [0.2, 0.25) is 0 Å². The van der Waals surface area contributed by atoms with Crippen LogP contribution < -0.4 is 15.8 Å². The summed E-state index contributed by atoms with van der Waals surface area (Å²) >= 11 is 0. The first-order valence-corrected chi connectivity index (χ1v) is 9.30. The SMILES string of the molecule is CCCC1=C(C=NCc2cnc(OCC(C)(C)C)c(C)c2)C(N)C=CN1. The Hall–Kier alpha value is -2.14. The molecular weight excluding hydrogens is 324 g/mol. The summed E-state index contributed by atoms with van der Waals surface area (Å²) in [6.07, 6.45) is 9.64. The van der Waals surface area contributed by atoms with Gasteiger partial charge in [0.15, 0.2) is 0 Å². The minimum absolute atomic E-state index is 0.102. The van der Waals surface area contributed by atoms with Crippen LogP contribution in [0.5, 0.6) is 5.88 Å². The molecule has 5 heteroatoms. The Morgan fingerprint density at radius 1 is 1.38 bits per heavy atom. The molecule has 26 heavy (non-hydrogen) atoms. The molecule has 0 aromatic carbocycles. The van der Waals surface area contributed by atoms with Gasteiger partial charge in [-0.1, -0.05) is 34.1 Å². The van der Waals surface area contributed by atoms with Gasteiger partial charge in [-0.2, -0.15) is 0 Å². The van der Waals surface area contributed by atoms with Crippen LogP contribution in [0.15, 0.2) is 40.8 Å². The molecule has 1 aliphatic rings. The van der Waals surface area contributed by atoms with Gasteiger partial charge in [0, 0.05) is 29.2 Å². The van der Waals surface area contributed by atoms with Crippen LogP contribution in [-0.4, -0.2) is 23.8 Å². The van der Waals surface area contributed by atoms with E-state index < -0.39 is 0 Å². The maximum Gasteiger partial charge on any atom is 0.216 e. The highest BCUT2D eigenvalue weighted by atomic mass is 16.5. The molecule has 0 saturated carbocycles. The average molecular weight is 357 g/mol. The number of pyridine rings is 1. The number of nitrogens with zero attached hydrogens (tertiary/aromatic N) is 2. The molecule has 1 aliphatic heterocycles. The van der Waals surface area contributed by atoms with Crippen molar-refractivity contribution in [2.24, 2.45) is 16.1 Å². The first-order valence-electron chi connectivity index (χ1n) is 9.30. The van der Waals surface area contributed by atoms with Crippen molar-refractivity contribution in [1.29, 1.82) is 0 Å². The highest BCUT2D eigenvalue weighted by Crippen LogP contribution is 2.20. The molecule has 142 valence electrons. The van der Waals surface area contributed by atoms with E-state index in [9.17, 15) is 0 Å². The number of aliphatic imine (C=N–C) groups is 1. The van der Waals surface area contributed by atoms with E-state index >= 15 is 0 Å². The van der Waals surface area contributed by atoms with E-state index in [1.807, 2.05) is 31.6 Å². The van der Waals surface area contributed by atoms with Gasteiger partial charge in [0.1, 0.15) is 0 Å². The molecule has 0 fully saturated rings. The second kappa shape index (κ2) is 8.99. The quantitative estimate of drug-likeness (QED) is 0.727. The summed E-state index contributed by atoms with van der Waals surface area (Å²) in [7, 11) is 0. The minimum atomic E-state index is -0.102. The highest BCUT2D eigenvalue weighted by Gasteiger charge is 2.14. The van der Waals surface area contributed by atoms with Crippen molar-refractivity contribution in [1.82, 2.24) is 10.3 Å². The molecule has 1 unspecified atom stereocenters. The molecule has 0 spiro atoms. The largest absolute Gasteiger partial charge is 0.477 e. The molecular formula is C21H32N4O. The summed E-state index contributed by atoms with van der Waals surface area (Å²) in [6, 6.07) is 1.98. The lowest BCUT2D eigenvalue weighted by molar-refractivity contribution is 0.190. The lowest BCUT2D eigenvalue weighted by atomic mass is 9.99. The van der Waals surface area contributed by atoms with E-state index in [1.165, 1.54) is 0 Å². The van der Waals surface area contributed by atoms with Crippen LogP contribution in [0.25, 0.3) is 0 Å². The van der Waals surface area contributed by atoms with Gasteiger partial charge in [-0.15, -0.1) is 0 Å². The Labute approximate surface area is 157 Å². The molecule has 1 aromatic heterocycles. The van der Waals surface area contributed by atoms with Gasteiger partial charge in [0.2, 0.25) is 5.88 Å². The fourth-order valence-corrected chi connectivity index (χ4v) is 2.66. The fourth-order valence-electron chi connectivity index (χ4n) is 2.66. The van der Waals surface area contributed by atoms with Gasteiger partial charge in [-0.05, 0) is 42.7 Å². The zero-order valence-corrected chi connectivity index (χ0v) is 16.7. The lowest BCUT2D eigenvalue weighted by Gasteiger charge is -2.20. The third-order valence-corrected chi connectivity index (χ3v) is 4.00. The number of hydrogen-bond donors (Lipinski definition) is 2. The second-order valence-electron chi connectivity index (χ2n) is 8.00. The Kier molecular flexibility index (Phi) is 6.98. The number of allylic oxidation sites excluding steroid dienone is 1. The summed E-state index contributed by atoms with van der Waals surface area (Å²) < 4.78 is 5.82. The number of nitrogens with one attached hydrogen (secondary N) is 1. The van der Waals surface area contributed by atoms with Gasteiger partial charge >= 0.3 is 0 Å². The number of rotatable bonds is 7. The van der Waals surface area contributed by atoms with E-state index in [2.05, 4.69) is 49.1 Å². The lowest BCUT2D eigenvalue weighted by Crippen LogP contribution is -2.29. The van der Waals surface area contributed by atoms with Crippen molar-refractivity contribution in [3.63, 3.8) is 0 Å². The van der Waals surface area contributed by atoms with Crippen LogP contribution in [0.1, 0.15) is 51.7 Å². The van der Waals surface area contributed by atoms with E-state index in [0.29, 0.717) is 19.0 Å². The van der Waals surface area contributed by atoms with Gasteiger partial charge in [-0.25, -0.2) is 4.98 Å². The van der Waals surface area contributed by atoms with E-state index in [4.69, 9.17) is 10.5 Å². The molecule has 2 rings (SSSR count). The normalized spacial score (nSPS) is 17.7. The second-order valence-corrected chi connectivity index (χ2v) is 8.00. The summed E-state index contributed by atoms with van der Waals surface area (Å²) in [5.41, 5.74) is 10.6. The number of aromatic nitrogens is 1. The van der Waals surface area contributed by atoms with Gasteiger partial charge in [0.25, 0.3) is 0 Å². The van der Waals surface area contributed by atoms with Crippen LogP contribution in [0.4, 0.5) is 0 Å². The molecule has 0 amide bonds. The zero-order valence-electron chi connectivity index (χ0n) is 16.7. The van der Waals surface area contributed by atoms with Gasteiger partial charge in [0.05, 0.1) is 19.2 Å². The Morgan fingerprint density at radius 3 is 2.81 bits per heavy atom. The summed E-state index contributed by atoms with van der Waals surface area (Å²) in [5, 5.41) is 3.29. The third kappa shape index (κ3) is 5.99. The van der Waals surface area contributed by atoms with Crippen molar-refractivity contribution >= 4 is 6.21 Å². The number of nitrogens with two attached hydrogens (primary N) is 1.